The van der Waals surface area contributed by atoms with Crippen LogP contribution >= 0.6 is 0 Å². The summed E-state index contributed by atoms with van der Waals surface area (Å²) in [4.78, 5) is 0. The van der Waals surface area contributed by atoms with Crippen molar-refractivity contribution in [1.82, 2.24) is 5.32 Å². The molecule has 0 aliphatic heterocycles. The Morgan fingerprint density at radius 1 is 1.40 bits per heavy atom. The number of allylic oxidation sites excluding steroid dienone is 1. The molecule has 1 atom stereocenters. The highest BCUT2D eigenvalue weighted by Crippen LogP contribution is 1.97. The van der Waals surface area contributed by atoms with Crippen LogP contribution in [-0.2, 0) is 0 Å². The summed E-state index contributed by atoms with van der Waals surface area (Å²) in [5.41, 5.74) is 0. The molecule has 1 heteroatoms. The molecule has 0 aromatic rings. The maximum Gasteiger partial charge on any atom is 0.00440 e. The molecule has 0 aliphatic carbocycles. The van der Waals surface area contributed by atoms with Gasteiger partial charge >= 0.3 is 0 Å². The van der Waals surface area contributed by atoms with Crippen molar-refractivity contribution < 1.29 is 0 Å². The van der Waals surface area contributed by atoms with Crippen LogP contribution < -0.4 is 5.32 Å². The molecule has 0 aromatic heterocycles. The molecular formula is C9H19N. The predicted molar refractivity (Wildman–Crippen MR) is 47.2 cm³/mol. The summed E-state index contributed by atoms with van der Waals surface area (Å²) in [7, 11) is 0. The SMILES string of the molecule is C=CCCC(C)NC(C)C. The van der Waals surface area contributed by atoms with Gasteiger partial charge in [0.1, 0.15) is 0 Å². The second-order valence-corrected chi connectivity index (χ2v) is 3.09. The molecule has 10 heavy (non-hydrogen) atoms. The van der Waals surface area contributed by atoms with Crippen LogP contribution in [0.15, 0.2) is 12.7 Å². The van der Waals surface area contributed by atoms with E-state index < -0.39 is 0 Å². The highest BCUT2D eigenvalue weighted by molar-refractivity contribution is 4.71. The molecule has 0 aromatic carbocycles. The summed E-state index contributed by atoms with van der Waals surface area (Å²) in [5.74, 6) is 0. The minimum absolute atomic E-state index is 0.597. The van der Waals surface area contributed by atoms with E-state index in [1.807, 2.05) is 6.08 Å². The van der Waals surface area contributed by atoms with Gasteiger partial charge in [0.05, 0.1) is 0 Å². The molecule has 0 amide bonds. The first kappa shape index (κ1) is 9.70. The Hall–Kier alpha value is -0.300. The van der Waals surface area contributed by atoms with Gasteiger partial charge in [-0.15, -0.1) is 6.58 Å². The largest absolute Gasteiger partial charge is 0.312 e. The van der Waals surface area contributed by atoms with Crippen molar-refractivity contribution in [2.45, 2.75) is 45.7 Å². The fourth-order valence-corrected chi connectivity index (χ4v) is 1.02. The van der Waals surface area contributed by atoms with Crippen LogP contribution in [0.3, 0.4) is 0 Å². The maximum atomic E-state index is 3.68. The van der Waals surface area contributed by atoms with Gasteiger partial charge in [-0.05, 0) is 19.8 Å². The fraction of sp³-hybridized carbons (Fsp3) is 0.778. The van der Waals surface area contributed by atoms with E-state index in [9.17, 15) is 0 Å². The monoisotopic (exact) mass is 141 g/mol. The molecule has 0 aliphatic rings. The van der Waals surface area contributed by atoms with E-state index in [0.29, 0.717) is 12.1 Å². The highest BCUT2D eigenvalue weighted by atomic mass is 14.9. The van der Waals surface area contributed by atoms with E-state index in [4.69, 9.17) is 0 Å². The predicted octanol–water partition coefficient (Wildman–Crippen LogP) is 2.34. The summed E-state index contributed by atoms with van der Waals surface area (Å²) in [6.45, 7) is 10.2. The molecule has 1 N–H and O–H groups in total. The van der Waals surface area contributed by atoms with Gasteiger partial charge in [-0.25, -0.2) is 0 Å². The van der Waals surface area contributed by atoms with Crippen LogP contribution in [0.4, 0.5) is 0 Å². The zero-order chi connectivity index (χ0) is 7.98. The lowest BCUT2D eigenvalue weighted by molar-refractivity contribution is 0.468. The third-order valence-electron chi connectivity index (χ3n) is 1.42. The van der Waals surface area contributed by atoms with E-state index in [-0.39, 0.29) is 0 Å². The summed E-state index contributed by atoms with van der Waals surface area (Å²) >= 11 is 0. The molecule has 1 unspecified atom stereocenters. The van der Waals surface area contributed by atoms with Crippen LogP contribution in [0.1, 0.15) is 33.6 Å². The molecule has 0 radical (unpaired) electrons. The van der Waals surface area contributed by atoms with E-state index in [1.54, 1.807) is 0 Å². The topological polar surface area (TPSA) is 12.0 Å². The summed E-state index contributed by atoms with van der Waals surface area (Å²) in [6, 6.07) is 1.22. The number of nitrogens with one attached hydrogen (secondary N) is 1. The molecule has 0 spiro atoms. The van der Waals surface area contributed by atoms with Gasteiger partial charge in [-0.2, -0.15) is 0 Å². The second kappa shape index (κ2) is 5.48. The Bertz CT molecular complexity index is 86.7. The van der Waals surface area contributed by atoms with Crippen LogP contribution in [0, 0.1) is 0 Å². The zero-order valence-electron chi connectivity index (χ0n) is 7.35. The summed E-state index contributed by atoms with van der Waals surface area (Å²) < 4.78 is 0. The lowest BCUT2D eigenvalue weighted by atomic mass is 10.1. The van der Waals surface area contributed by atoms with Crippen LogP contribution in [-0.4, -0.2) is 12.1 Å². The van der Waals surface area contributed by atoms with Crippen molar-refractivity contribution in [3.05, 3.63) is 12.7 Å². The molecule has 0 rings (SSSR count). The molecule has 0 heterocycles. The smallest absolute Gasteiger partial charge is 0.00440 e. The van der Waals surface area contributed by atoms with Gasteiger partial charge in [-0.3, -0.25) is 0 Å². The molecule has 0 saturated carbocycles. The van der Waals surface area contributed by atoms with Crippen LogP contribution in [0.5, 0.6) is 0 Å². The Labute approximate surface area is 64.5 Å². The average Bonchev–Trinajstić information content (AvgIpc) is 1.82. The van der Waals surface area contributed by atoms with Gasteiger partial charge in [0, 0.05) is 12.1 Å². The van der Waals surface area contributed by atoms with Crippen molar-refractivity contribution in [3.8, 4) is 0 Å². The standard InChI is InChI=1S/C9H19N/c1-5-6-7-9(4)10-8(2)3/h5,8-10H,1,6-7H2,2-4H3. The average molecular weight is 141 g/mol. The summed E-state index contributed by atoms with van der Waals surface area (Å²) in [5, 5.41) is 3.43. The first-order chi connectivity index (χ1) is 4.66. The third-order valence-corrected chi connectivity index (χ3v) is 1.42. The lowest BCUT2D eigenvalue weighted by Crippen LogP contribution is -2.32. The van der Waals surface area contributed by atoms with Gasteiger partial charge in [0.2, 0.25) is 0 Å². The van der Waals surface area contributed by atoms with E-state index in [0.717, 1.165) is 6.42 Å². The lowest BCUT2D eigenvalue weighted by Gasteiger charge is -2.15. The number of hydrogen-bond acceptors (Lipinski definition) is 1. The van der Waals surface area contributed by atoms with Crippen molar-refractivity contribution in [2.24, 2.45) is 0 Å². The second-order valence-electron chi connectivity index (χ2n) is 3.09. The van der Waals surface area contributed by atoms with E-state index >= 15 is 0 Å². The molecule has 1 nitrogen and oxygen atoms in total. The van der Waals surface area contributed by atoms with E-state index in [1.165, 1.54) is 6.42 Å². The van der Waals surface area contributed by atoms with E-state index in [2.05, 4.69) is 32.7 Å². The Kier molecular flexibility index (Phi) is 5.32. The van der Waals surface area contributed by atoms with Crippen molar-refractivity contribution in [1.29, 1.82) is 0 Å². The van der Waals surface area contributed by atoms with Gasteiger partial charge in [0.25, 0.3) is 0 Å². The Balaban J connectivity index is 3.24. The number of hydrogen-bond donors (Lipinski definition) is 1. The molecule has 0 bridgehead atoms. The van der Waals surface area contributed by atoms with Gasteiger partial charge < -0.3 is 5.32 Å². The minimum atomic E-state index is 0.597. The Morgan fingerprint density at radius 2 is 2.00 bits per heavy atom. The maximum absolute atomic E-state index is 3.68. The highest BCUT2D eigenvalue weighted by Gasteiger charge is 2.00. The Morgan fingerprint density at radius 3 is 2.40 bits per heavy atom. The number of rotatable bonds is 5. The van der Waals surface area contributed by atoms with Gasteiger partial charge in [0.15, 0.2) is 0 Å². The third kappa shape index (κ3) is 5.83. The molecule has 60 valence electrons. The fourth-order valence-electron chi connectivity index (χ4n) is 1.02. The molecule has 0 saturated heterocycles. The normalized spacial score (nSPS) is 13.6. The van der Waals surface area contributed by atoms with Crippen molar-refractivity contribution >= 4 is 0 Å². The summed E-state index contributed by atoms with van der Waals surface area (Å²) in [6.07, 6.45) is 4.28. The first-order valence-corrected chi connectivity index (χ1v) is 4.03. The van der Waals surface area contributed by atoms with Crippen LogP contribution in [0.2, 0.25) is 0 Å². The van der Waals surface area contributed by atoms with Crippen molar-refractivity contribution in [3.63, 3.8) is 0 Å². The minimum Gasteiger partial charge on any atom is -0.312 e. The van der Waals surface area contributed by atoms with Gasteiger partial charge in [-0.1, -0.05) is 19.9 Å². The zero-order valence-corrected chi connectivity index (χ0v) is 7.35. The molecule has 0 fully saturated rings. The molecular weight excluding hydrogens is 122 g/mol. The van der Waals surface area contributed by atoms with Crippen molar-refractivity contribution in [2.75, 3.05) is 0 Å². The quantitative estimate of drug-likeness (QED) is 0.579. The first-order valence-electron chi connectivity index (χ1n) is 4.03. The van der Waals surface area contributed by atoms with Crippen LogP contribution in [0.25, 0.3) is 0 Å².